The van der Waals surface area contributed by atoms with Crippen LogP contribution in [-0.2, 0) is 5.75 Å². The van der Waals surface area contributed by atoms with E-state index in [1.54, 1.807) is 25.3 Å². The molecule has 2 aromatic carbocycles. The molecule has 4 nitrogen and oxygen atoms in total. The molecule has 0 aliphatic carbocycles. The highest BCUT2D eigenvalue weighted by Gasteiger charge is 2.09. The van der Waals surface area contributed by atoms with E-state index in [1.807, 2.05) is 19.1 Å². The molecule has 3 aromatic rings. The van der Waals surface area contributed by atoms with Crippen LogP contribution < -0.4 is 9.47 Å². The van der Waals surface area contributed by atoms with E-state index >= 15 is 0 Å². The maximum Gasteiger partial charge on any atom is 0.223 e. The average Bonchev–Trinajstić information content (AvgIpc) is 2.60. The van der Waals surface area contributed by atoms with Gasteiger partial charge in [-0.15, -0.1) is 0 Å². The van der Waals surface area contributed by atoms with Crippen LogP contribution in [0.25, 0.3) is 0 Å². The second-order valence-corrected chi connectivity index (χ2v) is 6.38. The van der Waals surface area contributed by atoms with Crippen LogP contribution in [0.1, 0.15) is 11.3 Å². The molecule has 0 spiro atoms. The van der Waals surface area contributed by atoms with Crippen molar-refractivity contribution in [2.75, 3.05) is 7.11 Å². The number of thioether (sulfide) groups is 1. The minimum absolute atomic E-state index is 0.286. The van der Waals surface area contributed by atoms with Crippen molar-refractivity contribution in [3.8, 4) is 17.4 Å². The lowest BCUT2D eigenvalue weighted by atomic mass is 10.2. The molecule has 0 aliphatic rings. The quantitative estimate of drug-likeness (QED) is 0.441. The molecule has 0 saturated heterocycles. The number of nitrogens with zero attached hydrogens (tertiary/aromatic N) is 2. The molecule has 1 aromatic heterocycles. The Morgan fingerprint density at radius 3 is 2.58 bits per heavy atom. The SMILES string of the molecule is COc1cccc(Oc2cc(C)nc(SCc3ccc(F)cc3F)n2)c1. The molecule has 0 fully saturated rings. The molecule has 0 bridgehead atoms. The first-order valence-electron chi connectivity index (χ1n) is 7.78. The number of rotatable bonds is 6. The van der Waals surface area contributed by atoms with Gasteiger partial charge in [-0.1, -0.05) is 23.9 Å². The summed E-state index contributed by atoms with van der Waals surface area (Å²) in [6, 6.07) is 12.4. The number of benzene rings is 2. The molecule has 7 heteroatoms. The fourth-order valence-electron chi connectivity index (χ4n) is 2.20. The lowest BCUT2D eigenvalue weighted by Gasteiger charge is -2.09. The molecule has 0 N–H and O–H groups in total. The van der Waals surface area contributed by atoms with E-state index in [2.05, 4.69) is 9.97 Å². The van der Waals surface area contributed by atoms with E-state index in [1.165, 1.54) is 23.9 Å². The molecule has 0 saturated carbocycles. The second-order valence-electron chi connectivity index (χ2n) is 5.44. The molecular formula is C19H16F2N2O2S. The number of aromatic nitrogens is 2. The Labute approximate surface area is 154 Å². The van der Waals surface area contributed by atoms with Gasteiger partial charge in [-0.3, -0.25) is 0 Å². The third kappa shape index (κ3) is 4.70. The van der Waals surface area contributed by atoms with E-state index in [0.29, 0.717) is 28.1 Å². The Bertz CT molecular complexity index is 922. The third-order valence-corrected chi connectivity index (χ3v) is 4.34. The van der Waals surface area contributed by atoms with E-state index < -0.39 is 11.6 Å². The summed E-state index contributed by atoms with van der Waals surface area (Å²) in [5, 5.41) is 0.451. The van der Waals surface area contributed by atoms with E-state index in [-0.39, 0.29) is 5.75 Å². The molecule has 0 unspecified atom stereocenters. The predicted molar refractivity (Wildman–Crippen MR) is 95.8 cm³/mol. The third-order valence-electron chi connectivity index (χ3n) is 3.45. The highest BCUT2D eigenvalue weighted by Crippen LogP contribution is 2.27. The summed E-state index contributed by atoms with van der Waals surface area (Å²) >= 11 is 1.25. The van der Waals surface area contributed by atoms with Gasteiger partial charge >= 0.3 is 0 Å². The Morgan fingerprint density at radius 1 is 1.00 bits per heavy atom. The Hall–Kier alpha value is -2.67. The molecule has 3 rings (SSSR count). The molecule has 1 heterocycles. The molecular weight excluding hydrogens is 358 g/mol. The first kappa shape index (κ1) is 18.1. The highest BCUT2D eigenvalue weighted by atomic mass is 32.2. The van der Waals surface area contributed by atoms with Crippen LogP contribution in [-0.4, -0.2) is 17.1 Å². The lowest BCUT2D eigenvalue weighted by Crippen LogP contribution is -1.96. The van der Waals surface area contributed by atoms with Gasteiger partial charge in [0.1, 0.15) is 23.1 Å². The van der Waals surface area contributed by atoms with E-state index in [9.17, 15) is 8.78 Å². The van der Waals surface area contributed by atoms with Crippen LogP contribution in [0.15, 0.2) is 53.7 Å². The summed E-state index contributed by atoms with van der Waals surface area (Å²) in [4.78, 5) is 8.66. The Morgan fingerprint density at radius 2 is 1.81 bits per heavy atom. The zero-order valence-corrected chi connectivity index (χ0v) is 15.0. The zero-order chi connectivity index (χ0) is 18.5. The van der Waals surface area contributed by atoms with Crippen LogP contribution in [0.5, 0.6) is 17.4 Å². The summed E-state index contributed by atoms with van der Waals surface area (Å²) in [6.45, 7) is 1.82. The van der Waals surface area contributed by atoms with Crippen LogP contribution >= 0.6 is 11.8 Å². The first-order chi connectivity index (χ1) is 12.5. The van der Waals surface area contributed by atoms with Gasteiger partial charge in [-0.25, -0.2) is 13.8 Å². The minimum Gasteiger partial charge on any atom is -0.497 e. The van der Waals surface area contributed by atoms with Gasteiger partial charge in [0.15, 0.2) is 5.16 Å². The smallest absolute Gasteiger partial charge is 0.223 e. The Balaban J connectivity index is 1.74. The van der Waals surface area contributed by atoms with Gasteiger partial charge in [0, 0.05) is 29.6 Å². The first-order valence-corrected chi connectivity index (χ1v) is 8.76. The number of hydrogen-bond donors (Lipinski definition) is 0. The lowest BCUT2D eigenvalue weighted by molar-refractivity contribution is 0.406. The van der Waals surface area contributed by atoms with Crippen LogP contribution in [0.3, 0.4) is 0 Å². The molecule has 134 valence electrons. The van der Waals surface area contributed by atoms with Gasteiger partial charge in [0.2, 0.25) is 5.88 Å². The van der Waals surface area contributed by atoms with E-state index in [0.717, 1.165) is 11.8 Å². The number of halogens is 2. The molecule has 0 amide bonds. The van der Waals surface area contributed by atoms with Crippen molar-refractivity contribution in [2.24, 2.45) is 0 Å². The fraction of sp³-hybridized carbons (Fsp3) is 0.158. The number of aryl methyl sites for hydroxylation is 1. The van der Waals surface area contributed by atoms with Crippen molar-refractivity contribution in [3.63, 3.8) is 0 Å². The van der Waals surface area contributed by atoms with Crippen molar-refractivity contribution in [1.29, 1.82) is 0 Å². The van der Waals surface area contributed by atoms with Crippen LogP contribution in [0, 0.1) is 18.6 Å². The molecule has 0 atom stereocenters. The van der Waals surface area contributed by atoms with Crippen molar-refractivity contribution >= 4 is 11.8 Å². The van der Waals surface area contributed by atoms with Crippen molar-refractivity contribution in [3.05, 3.63) is 71.4 Å². The maximum atomic E-state index is 13.7. The van der Waals surface area contributed by atoms with Gasteiger partial charge in [0.05, 0.1) is 7.11 Å². The molecule has 0 radical (unpaired) electrons. The summed E-state index contributed by atoms with van der Waals surface area (Å²) in [6.07, 6.45) is 0. The van der Waals surface area contributed by atoms with Gasteiger partial charge in [-0.2, -0.15) is 4.98 Å². The maximum absolute atomic E-state index is 13.7. The molecule has 26 heavy (non-hydrogen) atoms. The second kappa shape index (κ2) is 8.14. The predicted octanol–water partition coefficient (Wildman–Crippen LogP) is 5.16. The normalized spacial score (nSPS) is 10.6. The van der Waals surface area contributed by atoms with Gasteiger partial charge in [-0.05, 0) is 30.7 Å². The average molecular weight is 374 g/mol. The number of hydrogen-bond acceptors (Lipinski definition) is 5. The standard InChI is InChI=1S/C19H16F2N2O2S/c1-12-8-18(25-16-5-3-4-15(10-16)24-2)23-19(22-12)26-11-13-6-7-14(20)9-17(13)21/h3-10H,11H2,1-2H3. The highest BCUT2D eigenvalue weighted by molar-refractivity contribution is 7.98. The van der Waals surface area contributed by atoms with Crippen LogP contribution in [0.2, 0.25) is 0 Å². The van der Waals surface area contributed by atoms with Gasteiger partial charge in [0.25, 0.3) is 0 Å². The number of ether oxygens (including phenoxy) is 2. The molecule has 0 aliphatic heterocycles. The topological polar surface area (TPSA) is 44.2 Å². The minimum atomic E-state index is -0.600. The van der Waals surface area contributed by atoms with Crippen molar-refractivity contribution in [2.45, 2.75) is 17.8 Å². The van der Waals surface area contributed by atoms with Crippen LogP contribution in [0.4, 0.5) is 8.78 Å². The largest absolute Gasteiger partial charge is 0.497 e. The zero-order valence-electron chi connectivity index (χ0n) is 14.2. The van der Waals surface area contributed by atoms with Crippen molar-refractivity contribution < 1.29 is 18.3 Å². The number of methoxy groups -OCH3 is 1. The summed E-state index contributed by atoms with van der Waals surface area (Å²) in [5.41, 5.74) is 1.11. The summed E-state index contributed by atoms with van der Waals surface area (Å²) in [7, 11) is 1.58. The monoisotopic (exact) mass is 374 g/mol. The fourth-order valence-corrected chi connectivity index (χ4v) is 3.08. The summed E-state index contributed by atoms with van der Waals surface area (Å²) < 4.78 is 37.7. The van der Waals surface area contributed by atoms with Crippen molar-refractivity contribution in [1.82, 2.24) is 9.97 Å². The van der Waals surface area contributed by atoms with E-state index in [4.69, 9.17) is 9.47 Å². The van der Waals surface area contributed by atoms with Gasteiger partial charge < -0.3 is 9.47 Å². The summed E-state index contributed by atoms with van der Waals surface area (Å²) in [5.74, 6) is 0.745. The Kier molecular flexibility index (Phi) is 5.68.